The fourth-order valence-electron chi connectivity index (χ4n) is 2.83. The first kappa shape index (κ1) is 13.9. The molecule has 2 aliphatic rings. The van der Waals surface area contributed by atoms with Gasteiger partial charge >= 0.3 is 6.03 Å². The van der Waals surface area contributed by atoms with Crippen molar-refractivity contribution in [2.75, 3.05) is 19.6 Å². The summed E-state index contributed by atoms with van der Waals surface area (Å²) < 4.78 is 0. The molecule has 0 saturated carbocycles. The lowest BCUT2D eigenvalue weighted by molar-refractivity contribution is 0.0468. The van der Waals surface area contributed by atoms with Gasteiger partial charge in [0.1, 0.15) is 0 Å². The van der Waals surface area contributed by atoms with Gasteiger partial charge in [0.05, 0.1) is 0 Å². The van der Waals surface area contributed by atoms with Crippen LogP contribution in [-0.2, 0) is 13.0 Å². The number of nitrogens with zero attached hydrogens (tertiary/aromatic N) is 2. The van der Waals surface area contributed by atoms with Crippen LogP contribution in [0, 0.1) is 0 Å². The third-order valence-corrected chi connectivity index (χ3v) is 5.01. The Morgan fingerprint density at radius 2 is 2.15 bits per heavy atom. The van der Waals surface area contributed by atoms with Crippen molar-refractivity contribution in [2.45, 2.75) is 45.3 Å². The molecular formula is C15H23N3OS. The summed E-state index contributed by atoms with van der Waals surface area (Å²) in [7, 11) is 0. The summed E-state index contributed by atoms with van der Waals surface area (Å²) in [6.45, 7) is 9.97. The molecule has 110 valence electrons. The van der Waals surface area contributed by atoms with E-state index >= 15 is 0 Å². The SMILES string of the molecule is CC(C)(C)NC(=O)N1CC(N2CCc3sccc3C2)C1. The zero-order valence-electron chi connectivity index (χ0n) is 12.5. The fraction of sp³-hybridized carbons (Fsp3) is 0.667. The van der Waals surface area contributed by atoms with Crippen molar-refractivity contribution in [2.24, 2.45) is 0 Å². The zero-order valence-corrected chi connectivity index (χ0v) is 13.3. The number of rotatable bonds is 1. The van der Waals surface area contributed by atoms with Gasteiger partial charge in [-0.2, -0.15) is 0 Å². The van der Waals surface area contributed by atoms with Crippen LogP contribution >= 0.6 is 11.3 Å². The van der Waals surface area contributed by atoms with E-state index in [2.05, 4.69) is 21.7 Å². The molecule has 4 nitrogen and oxygen atoms in total. The van der Waals surface area contributed by atoms with Crippen LogP contribution in [0.5, 0.6) is 0 Å². The molecule has 0 radical (unpaired) electrons. The minimum Gasteiger partial charge on any atom is -0.333 e. The number of amides is 2. The predicted octanol–water partition coefficient (Wildman–Crippen LogP) is 2.30. The van der Waals surface area contributed by atoms with E-state index in [-0.39, 0.29) is 11.6 Å². The molecule has 0 bridgehead atoms. The molecule has 5 heteroatoms. The van der Waals surface area contributed by atoms with Crippen molar-refractivity contribution >= 4 is 17.4 Å². The van der Waals surface area contributed by atoms with Crippen LogP contribution in [0.3, 0.4) is 0 Å². The Morgan fingerprint density at radius 3 is 2.85 bits per heavy atom. The maximum Gasteiger partial charge on any atom is 0.317 e. The first-order chi connectivity index (χ1) is 9.42. The fourth-order valence-corrected chi connectivity index (χ4v) is 3.72. The van der Waals surface area contributed by atoms with Crippen molar-refractivity contribution in [3.8, 4) is 0 Å². The lowest BCUT2D eigenvalue weighted by Crippen LogP contribution is -2.64. The number of carbonyl (C=O) groups excluding carboxylic acids is 1. The largest absolute Gasteiger partial charge is 0.333 e. The monoisotopic (exact) mass is 293 g/mol. The molecule has 3 heterocycles. The molecule has 2 aliphatic heterocycles. The average Bonchev–Trinajstić information content (AvgIpc) is 2.71. The predicted molar refractivity (Wildman–Crippen MR) is 82.1 cm³/mol. The molecule has 1 aromatic rings. The van der Waals surface area contributed by atoms with E-state index in [1.165, 1.54) is 5.56 Å². The number of likely N-dealkylation sites (tertiary alicyclic amines) is 1. The summed E-state index contributed by atoms with van der Waals surface area (Å²) in [6, 6.07) is 2.85. The van der Waals surface area contributed by atoms with E-state index in [4.69, 9.17) is 0 Å². The Hall–Kier alpha value is -1.07. The second-order valence-corrected chi connectivity index (χ2v) is 7.83. The maximum atomic E-state index is 12.0. The molecule has 0 aromatic carbocycles. The van der Waals surface area contributed by atoms with Gasteiger partial charge < -0.3 is 10.2 Å². The molecule has 1 saturated heterocycles. The Bertz CT molecular complexity index is 499. The molecule has 1 aromatic heterocycles. The van der Waals surface area contributed by atoms with Crippen molar-refractivity contribution in [3.05, 3.63) is 21.9 Å². The second kappa shape index (κ2) is 5.04. The highest BCUT2D eigenvalue weighted by Crippen LogP contribution is 2.27. The van der Waals surface area contributed by atoms with Crippen LogP contribution in [0.4, 0.5) is 4.79 Å². The van der Waals surface area contributed by atoms with Crippen LogP contribution in [0.25, 0.3) is 0 Å². The average molecular weight is 293 g/mol. The van der Waals surface area contributed by atoms with Crippen molar-refractivity contribution < 1.29 is 4.79 Å². The first-order valence-corrected chi connectivity index (χ1v) is 8.17. The number of hydrogen-bond donors (Lipinski definition) is 1. The highest BCUT2D eigenvalue weighted by molar-refractivity contribution is 7.10. The van der Waals surface area contributed by atoms with Gasteiger partial charge in [-0.15, -0.1) is 11.3 Å². The number of fused-ring (bicyclic) bond motifs is 1. The lowest BCUT2D eigenvalue weighted by Gasteiger charge is -2.47. The van der Waals surface area contributed by atoms with E-state index < -0.39 is 0 Å². The Morgan fingerprint density at radius 1 is 1.40 bits per heavy atom. The maximum absolute atomic E-state index is 12.0. The topological polar surface area (TPSA) is 35.6 Å². The molecule has 3 rings (SSSR count). The van der Waals surface area contributed by atoms with Gasteiger partial charge in [-0.1, -0.05) is 0 Å². The summed E-state index contributed by atoms with van der Waals surface area (Å²) in [6.07, 6.45) is 1.16. The second-order valence-electron chi connectivity index (χ2n) is 6.83. The van der Waals surface area contributed by atoms with Gasteiger partial charge in [0.2, 0.25) is 0 Å². The number of hydrogen-bond acceptors (Lipinski definition) is 3. The molecule has 0 unspecified atom stereocenters. The molecule has 0 atom stereocenters. The van der Waals surface area contributed by atoms with Crippen molar-refractivity contribution in [3.63, 3.8) is 0 Å². The molecule has 1 fully saturated rings. The third-order valence-electron chi connectivity index (χ3n) is 3.99. The van der Waals surface area contributed by atoms with Gasteiger partial charge in [-0.05, 0) is 44.2 Å². The Balaban J connectivity index is 1.50. The number of carbonyl (C=O) groups is 1. The number of thiophene rings is 1. The van der Waals surface area contributed by atoms with Crippen LogP contribution in [0.15, 0.2) is 11.4 Å². The highest BCUT2D eigenvalue weighted by atomic mass is 32.1. The van der Waals surface area contributed by atoms with Crippen molar-refractivity contribution in [1.82, 2.24) is 15.1 Å². The van der Waals surface area contributed by atoms with Crippen LogP contribution < -0.4 is 5.32 Å². The number of nitrogens with one attached hydrogen (secondary N) is 1. The van der Waals surface area contributed by atoms with E-state index in [1.54, 1.807) is 4.88 Å². The van der Waals surface area contributed by atoms with Crippen molar-refractivity contribution in [1.29, 1.82) is 0 Å². The lowest BCUT2D eigenvalue weighted by atomic mass is 10.0. The van der Waals surface area contributed by atoms with Crippen LogP contribution in [0.1, 0.15) is 31.2 Å². The summed E-state index contributed by atoms with van der Waals surface area (Å²) >= 11 is 1.88. The van der Waals surface area contributed by atoms with E-state index in [0.717, 1.165) is 32.6 Å². The minimum absolute atomic E-state index is 0.0713. The van der Waals surface area contributed by atoms with E-state index in [1.807, 2.05) is 37.0 Å². The van der Waals surface area contributed by atoms with Gasteiger partial charge in [0.15, 0.2) is 0 Å². The molecule has 1 N–H and O–H groups in total. The van der Waals surface area contributed by atoms with E-state index in [0.29, 0.717) is 6.04 Å². The van der Waals surface area contributed by atoms with Crippen LogP contribution in [-0.4, -0.2) is 47.0 Å². The third kappa shape index (κ3) is 2.83. The zero-order chi connectivity index (χ0) is 14.3. The summed E-state index contributed by atoms with van der Waals surface area (Å²) in [4.78, 5) is 18.0. The number of urea groups is 1. The minimum atomic E-state index is -0.154. The summed E-state index contributed by atoms with van der Waals surface area (Å²) in [5.74, 6) is 0. The summed E-state index contributed by atoms with van der Waals surface area (Å²) in [5, 5.41) is 5.22. The van der Waals surface area contributed by atoms with Gasteiger partial charge in [-0.25, -0.2) is 4.79 Å². The Kier molecular flexibility index (Phi) is 3.50. The molecular weight excluding hydrogens is 270 g/mol. The van der Waals surface area contributed by atoms with Gasteiger partial charge in [-0.3, -0.25) is 4.90 Å². The summed E-state index contributed by atoms with van der Waals surface area (Å²) in [5.41, 5.74) is 1.33. The first-order valence-electron chi connectivity index (χ1n) is 7.29. The molecule has 2 amide bonds. The van der Waals surface area contributed by atoms with Crippen LogP contribution in [0.2, 0.25) is 0 Å². The highest BCUT2D eigenvalue weighted by Gasteiger charge is 2.36. The Labute approximate surface area is 124 Å². The molecule has 20 heavy (non-hydrogen) atoms. The smallest absolute Gasteiger partial charge is 0.317 e. The molecule has 0 aliphatic carbocycles. The quantitative estimate of drug-likeness (QED) is 0.862. The van der Waals surface area contributed by atoms with Gasteiger partial charge in [0, 0.05) is 42.6 Å². The van der Waals surface area contributed by atoms with E-state index in [9.17, 15) is 4.79 Å². The normalized spacial score (nSPS) is 20.4. The van der Waals surface area contributed by atoms with Gasteiger partial charge in [0.25, 0.3) is 0 Å². The molecule has 0 spiro atoms. The standard InChI is InChI=1S/C15H23N3OS/c1-15(2,3)16-14(19)18-9-12(10-18)17-6-4-13-11(8-17)5-7-20-13/h5,7,12H,4,6,8-10H2,1-3H3,(H,16,19).